The van der Waals surface area contributed by atoms with E-state index < -0.39 is 41.1 Å². The third-order valence-corrected chi connectivity index (χ3v) is 5.45. The molecule has 1 saturated heterocycles. The second-order valence-corrected chi connectivity index (χ2v) is 7.42. The summed E-state index contributed by atoms with van der Waals surface area (Å²) in [5.74, 6) is -2.78. The molecule has 2 aromatic rings. The number of nitrogens with zero attached hydrogens (tertiary/aromatic N) is 3. The van der Waals surface area contributed by atoms with Crippen molar-refractivity contribution in [2.24, 2.45) is 20.0 Å². The SMILES string of the molecule is CCc1ccc(N2C[C@@H](C(=O)OCC(=O)c3c(N)n(C)c(=O)n(C)c3=O)CC2=O)cc1. The van der Waals surface area contributed by atoms with Crippen LogP contribution in [0.3, 0.4) is 0 Å². The average Bonchev–Trinajstić information content (AvgIpc) is 3.16. The summed E-state index contributed by atoms with van der Waals surface area (Å²) in [5.41, 5.74) is 5.61. The van der Waals surface area contributed by atoms with Crippen LogP contribution in [0.2, 0.25) is 0 Å². The Morgan fingerprint density at radius 2 is 1.74 bits per heavy atom. The first kappa shape index (κ1) is 22.0. The Morgan fingerprint density at radius 3 is 2.35 bits per heavy atom. The number of rotatable bonds is 6. The number of ether oxygens (including phenoxy) is 1. The molecule has 2 N–H and O–H groups in total. The molecule has 1 aromatic heterocycles. The molecule has 0 spiro atoms. The van der Waals surface area contributed by atoms with Gasteiger partial charge in [0.15, 0.2) is 6.61 Å². The maximum Gasteiger partial charge on any atom is 0.332 e. The molecule has 0 radical (unpaired) electrons. The molecule has 0 saturated carbocycles. The molecule has 1 aliphatic heterocycles. The summed E-state index contributed by atoms with van der Waals surface area (Å²) < 4.78 is 6.79. The zero-order valence-electron chi connectivity index (χ0n) is 17.6. The van der Waals surface area contributed by atoms with E-state index in [-0.39, 0.29) is 24.7 Å². The summed E-state index contributed by atoms with van der Waals surface area (Å²) in [6.07, 6.45) is 0.840. The van der Waals surface area contributed by atoms with Crippen LogP contribution in [0, 0.1) is 5.92 Å². The summed E-state index contributed by atoms with van der Waals surface area (Å²) in [6, 6.07) is 7.49. The quantitative estimate of drug-likeness (QED) is 0.506. The van der Waals surface area contributed by atoms with Crippen molar-refractivity contribution >= 4 is 29.2 Å². The van der Waals surface area contributed by atoms with Crippen LogP contribution in [-0.4, -0.2) is 39.9 Å². The molecule has 10 heteroatoms. The molecule has 31 heavy (non-hydrogen) atoms. The number of aryl methyl sites for hydroxylation is 1. The summed E-state index contributed by atoms with van der Waals surface area (Å²) in [5, 5.41) is 0. The van der Waals surface area contributed by atoms with Crippen molar-refractivity contribution in [2.45, 2.75) is 19.8 Å². The average molecular weight is 428 g/mol. The Balaban J connectivity index is 1.68. The molecule has 10 nitrogen and oxygen atoms in total. The molecule has 2 heterocycles. The lowest BCUT2D eigenvalue weighted by molar-refractivity contribution is -0.147. The number of Topliss-reactive ketones (excluding diaryl/α,β-unsaturated/α-hetero) is 1. The Labute approximate surface area is 177 Å². The van der Waals surface area contributed by atoms with E-state index in [0.717, 1.165) is 21.1 Å². The minimum absolute atomic E-state index is 0.0354. The molecule has 1 aromatic carbocycles. The van der Waals surface area contributed by atoms with Gasteiger partial charge in [-0.1, -0.05) is 19.1 Å². The van der Waals surface area contributed by atoms with Gasteiger partial charge in [0.2, 0.25) is 11.7 Å². The van der Waals surface area contributed by atoms with Crippen molar-refractivity contribution in [2.75, 3.05) is 23.8 Å². The van der Waals surface area contributed by atoms with Crippen LogP contribution in [0.15, 0.2) is 33.9 Å². The van der Waals surface area contributed by atoms with E-state index in [9.17, 15) is 24.0 Å². The highest BCUT2D eigenvalue weighted by Gasteiger charge is 2.36. The van der Waals surface area contributed by atoms with Crippen molar-refractivity contribution in [1.29, 1.82) is 0 Å². The third kappa shape index (κ3) is 4.14. The van der Waals surface area contributed by atoms with E-state index in [1.807, 2.05) is 31.2 Å². The Bertz CT molecular complexity index is 1160. The Kier molecular flexibility index (Phi) is 6.09. The van der Waals surface area contributed by atoms with E-state index in [4.69, 9.17) is 10.5 Å². The van der Waals surface area contributed by atoms with Crippen LogP contribution in [0.25, 0.3) is 0 Å². The zero-order chi connectivity index (χ0) is 22.9. The van der Waals surface area contributed by atoms with Gasteiger partial charge in [0, 0.05) is 32.7 Å². The van der Waals surface area contributed by atoms with Crippen LogP contribution in [0.5, 0.6) is 0 Å². The molecular weight excluding hydrogens is 404 g/mol. The number of carbonyl (C=O) groups is 3. The van der Waals surface area contributed by atoms with Gasteiger partial charge in [-0.2, -0.15) is 0 Å². The molecule has 1 fully saturated rings. The van der Waals surface area contributed by atoms with Crippen molar-refractivity contribution < 1.29 is 19.1 Å². The Morgan fingerprint density at radius 1 is 1.10 bits per heavy atom. The van der Waals surface area contributed by atoms with Crippen LogP contribution in [0.1, 0.15) is 29.3 Å². The monoisotopic (exact) mass is 428 g/mol. The highest BCUT2D eigenvalue weighted by atomic mass is 16.5. The molecule has 0 unspecified atom stereocenters. The normalized spacial score (nSPS) is 15.9. The summed E-state index contributed by atoms with van der Waals surface area (Å²) in [6.45, 7) is 1.45. The van der Waals surface area contributed by atoms with Crippen molar-refractivity contribution in [3.05, 3.63) is 56.2 Å². The van der Waals surface area contributed by atoms with Crippen molar-refractivity contribution in [3.8, 4) is 0 Å². The van der Waals surface area contributed by atoms with Gasteiger partial charge in [-0.15, -0.1) is 0 Å². The lowest BCUT2D eigenvalue weighted by Crippen LogP contribution is -2.42. The number of esters is 1. The van der Waals surface area contributed by atoms with Gasteiger partial charge in [0.05, 0.1) is 5.92 Å². The predicted molar refractivity (Wildman–Crippen MR) is 113 cm³/mol. The standard InChI is InChI=1S/C21H24N4O6/c1-4-12-5-7-14(8-6-12)25-10-13(9-16(25)27)20(29)31-11-15(26)17-18(22)23(2)21(30)24(3)19(17)28/h5-8,13H,4,9-11,22H2,1-3H3/t13-/m0/s1. The first-order valence-corrected chi connectivity index (χ1v) is 9.80. The van der Waals surface area contributed by atoms with Crippen molar-refractivity contribution in [3.63, 3.8) is 0 Å². The van der Waals surface area contributed by atoms with Gasteiger partial charge >= 0.3 is 11.7 Å². The van der Waals surface area contributed by atoms with Gasteiger partial charge in [-0.3, -0.25) is 28.3 Å². The minimum Gasteiger partial charge on any atom is -0.457 e. The maximum atomic E-state index is 12.5. The van der Waals surface area contributed by atoms with Crippen LogP contribution in [-0.2, 0) is 34.8 Å². The number of amides is 1. The van der Waals surface area contributed by atoms with E-state index in [1.165, 1.54) is 19.0 Å². The summed E-state index contributed by atoms with van der Waals surface area (Å²) in [7, 11) is 2.55. The smallest absolute Gasteiger partial charge is 0.332 e. The first-order chi connectivity index (χ1) is 14.6. The molecule has 1 atom stereocenters. The number of ketones is 1. The number of anilines is 2. The lowest BCUT2D eigenvalue weighted by atomic mass is 10.1. The van der Waals surface area contributed by atoms with Gasteiger partial charge in [-0.05, 0) is 24.1 Å². The lowest BCUT2D eigenvalue weighted by Gasteiger charge is -2.17. The number of nitrogens with two attached hydrogens (primary N) is 1. The largest absolute Gasteiger partial charge is 0.457 e. The molecule has 1 amide bonds. The second-order valence-electron chi connectivity index (χ2n) is 7.42. The number of benzene rings is 1. The zero-order valence-corrected chi connectivity index (χ0v) is 17.6. The fraction of sp³-hybridized carbons (Fsp3) is 0.381. The van der Waals surface area contributed by atoms with Gasteiger partial charge < -0.3 is 15.4 Å². The molecule has 0 bridgehead atoms. The number of hydrogen-bond donors (Lipinski definition) is 1. The fourth-order valence-corrected chi connectivity index (χ4v) is 3.48. The molecule has 0 aliphatic carbocycles. The second kappa shape index (κ2) is 8.58. The van der Waals surface area contributed by atoms with Gasteiger partial charge in [-0.25, -0.2) is 4.79 Å². The topological polar surface area (TPSA) is 134 Å². The van der Waals surface area contributed by atoms with Crippen LogP contribution in [0.4, 0.5) is 11.5 Å². The van der Waals surface area contributed by atoms with Crippen LogP contribution < -0.4 is 21.9 Å². The Hall–Kier alpha value is -3.69. The van der Waals surface area contributed by atoms with E-state index >= 15 is 0 Å². The molecule has 3 rings (SSSR count). The summed E-state index contributed by atoms with van der Waals surface area (Å²) >= 11 is 0. The van der Waals surface area contributed by atoms with Gasteiger partial charge in [0.25, 0.3) is 5.56 Å². The summed E-state index contributed by atoms with van der Waals surface area (Å²) in [4.78, 5) is 62.9. The van der Waals surface area contributed by atoms with Gasteiger partial charge in [0.1, 0.15) is 11.4 Å². The molecule has 1 aliphatic rings. The van der Waals surface area contributed by atoms with E-state index in [0.29, 0.717) is 5.69 Å². The number of carbonyl (C=O) groups excluding carboxylic acids is 3. The highest BCUT2D eigenvalue weighted by Crippen LogP contribution is 2.26. The third-order valence-electron chi connectivity index (χ3n) is 5.45. The number of hydrogen-bond acceptors (Lipinski definition) is 7. The number of nitrogen functional groups attached to an aromatic ring is 1. The van der Waals surface area contributed by atoms with Crippen molar-refractivity contribution in [1.82, 2.24) is 9.13 Å². The van der Waals surface area contributed by atoms with Crippen LogP contribution >= 0.6 is 0 Å². The first-order valence-electron chi connectivity index (χ1n) is 9.80. The highest BCUT2D eigenvalue weighted by molar-refractivity contribution is 6.02. The number of aromatic nitrogens is 2. The fourth-order valence-electron chi connectivity index (χ4n) is 3.48. The maximum absolute atomic E-state index is 12.5. The molecular formula is C21H24N4O6. The molecule has 164 valence electrons. The minimum atomic E-state index is -0.862. The van der Waals surface area contributed by atoms with E-state index in [2.05, 4.69) is 0 Å². The predicted octanol–water partition coefficient (Wildman–Crippen LogP) is 0.00760. The van der Waals surface area contributed by atoms with E-state index in [1.54, 1.807) is 0 Å².